The van der Waals surface area contributed by atoms with Gasteiger partial charge in [0.2, 0.25) is 3.79 Å². The first-order valence-corrected chi connectivity index (χ1v) is 6.60. The lowest BCUT2D eigenvalue weighted by Gasteiger charge is -2.13. The third-order valence-electron chi connectivity index (χ3n) is 2.36. The summed E-state index contributed by atoms with van der Waals surface area (Å²) in [5, 5.41) is 7.52. The van der Waals surface area contributed by atoms with Gasteiger partial charge in [-0.15, -0.1) is 5.10 Å². The first-order chi connectivity index (χ1) is 8.00. The molecule has 0 radical (unpaired) electrons. The summed E-state index contributed by atoms with van der Waals surface area (Å²) in [7, 11) is 0. The minimum absolute atomic E-state index is 0.0838. The van der Waals surface area contributed by atoms with E-state index in [2.05, 4.69) is 17.2 Å². The second-order valence-corrected chi connectivity index (χ2v) is 6.00. The molecule has 0 unspecified atom stereocenters. The topological polar surface area (TPSA) is 47.8 Å². The molecule has 0 amide bonds. The van der Waals surface area contributed by atoms with Crippen LogP contribution >= 0.6 is 34.8 Å². The summed E-state index contributed by atoms with van der Waals surface area (Å²) in [6, 6.07) is 0. The summed E-state index contributed by atoms with van der Waals surface area (Å²) in [6.45, 7) is 2.73. The quantitative estimate of drug-likeness (QED) is 0.459. The summed E-state index contributed by atoms with van der Waals surface area (Å²) in [5.74, 6) is 0. The summed E-state index contributed by atoms with van der Waals surface area (Å²) in [4.78, 5) is 10.8. The lowest BCUT2D eigenvalue weighted by Crippen LogP contribution is -2.14. The molecule has 0 spiro atoms. The van der Waals surface area contributed by atoms with Crippen molar-refractivity contribution in [2.45, 2.75) is 42.9 Å². The Balaban J connectivity index is 2.78. The van der Waals surface area contributed by atoms with Crippen LogP contribution in [-0.4, -0.2) is 21.3 Å². The predicted molar refractivity (Wildman–Crippen MR) is 68.8 cm³/mol. The largest absolute Gasteiger partial charge is 0.296 e. The maximum Gasteiger partial charge on any atom is 0.234 e. The van der Waals surface area contributed by atoms with Gasteiger partial charge in [-0.2, -0.15) is 0 Å². The van der Waals surface area contributed by atoms with Gasteiger partial charge in [0.25, 0.3) is 0 Å². The van der Waals surface area contributed by atoms with Gasteiger partial charge >= 0.3 is 0 Å². The number of nitrogens with zero attached hydrogens (tertiary/aromatic N) is 3. The number of hydrogen-bond donors (Lipinski definition) is 0. The smallest absolute Gasteiger partial charge is 0.234 e. The van der Waals surface area contributed by atoms with E-state index in [1.54, 1.807) is 0 Å². The number of aromatic nitrogens is 3. The van der Waals surface area contributed by atoms with Gasteiger partial charge < -0.3 is 0 Å². The highest BCUT2D eigenvalue weighted by Crippen LogP contribution is 2.39. The number of aryl methyl sites for hydroxylation is 1. The van der Waals surface area contributed by atoms with Crippen LogP contribution in [0.4, 0.5) is 0 Å². The van der Waals surface area contributed by atoms with E-state index in [0.29, 0.717) is 12.8 Å². The highest BCUT2D eigenvalue weighted by atomic mass is 35.6. The zero-order valence-electron chi connectivity index (χ0n) is 9.50. The minimum atomic E-state index is -1.68. The molecular weight excluding hydrogens is 284 g/mol. The van der Waals surface area contributed by atoms with E-state index in [9.17, 15) is 4.79 Å². The number of carbonyl (C=O) groups excluding carboxylic acids is 1. The van der Waals surface area contributed by atoms with E-state index in [4.69, 9.17) is 34.8 Å². The fourth-order valence-electron chi connectivity index (χ4n) is 1.54. The Hall–Kier alpha value is -0.320. The molecule has 96 valence electrons. The van der Waals surface area contributed by atoms with E-state index in [0.717, 1.165) is 25.7 Å². The van der Waals surface area contributed by atoms with E-state index < -0.39 is 3.79 Å². The van der Waals surface area contributed by atoms with Crippen molar-refractivity contribution < 1.29 is 4.79 Å². The Labute approximate surface area is 115 Å². The second kappa shape index (κ2) is 6.57. The van der Waals surface area contributed by atoms with Crippen LogP contribution in [-0.2, 0) is 10.3 Å². The molecule has 1 aromatic rings. The lowest BCUT2D eigenvalue weighted by atomic mass is 10.2. The molecule has 17 heavy (non-hydrogen) atoms. The first kappa shape index (κ1) is 14.7. The maximum atomic E-state index is 10.8. The fraction of sp³-hybridized carbons (Fsp3) is 0.700. The van der Waals surface area contributed by atoms with E-state index in [-0.39, 0.29) is 11.4 Å². The van der Waals surface area contributed by atoms with Gasteiger partial charge in [-0.1, -0.05) is 66.2 Å². The molecule has 7 heteroatoms. The van der Waals surface area contributed by atoms with Gasteiger partial charge in [0.1, 0.15) is 5.69 Å². The van der Waals surface area contributed by atoms with Crippen molar-refractivity contribution in [1.29, 1.82) is 0 Å². The summed E-state index contributed by atoms with van der Waals surface area (Å²) in [6.07, 6.45) is 4.84. The maximum absolute atomic E-state index is 10.8. The van der Waals surface area contributed by atoms with E-state index in [1.165, 1.54) is 4.68 Å². The number of hydrogen-bond acceptors (Lipinski definition) is 3. The molecule has 0 aliphatic heterocycles. The summed E-state index contributed by atoms with van der Waals surface area (Å²) < 4.78 is -0.184. The molecule has 1 rings (SSSR count). The van der Waals surface area contributed by atoms with Crippen LogP contribution in [0.15, 0.2) is 0 Å². The molecule has 0 aromatic carbocycles. The van der Waals surface area contributed by atoms with Crippen LogP contribution in [0, 0.1) is 0 Å². The number of aldehydes is 1. The van der Waals surface area contributed by atoms with E-state index >= 15 is 0 Å². The van der Waals surface area contributed by atoms with Gasteiger partial charge in [-0.25, -0.2) is 4.68 Å². The van der Waals surface area contributed by atoms with Crippen molar-refractivity contribution in [2.75, 3.05) is 0 Å². The van der Waals surface area contributed by atoms with Crippen LogP contribution in [0.1, 0.15) is 48.8 Å². The third kappa shape index (κ3) is 4.12. The molecule has 4 nitrogen and oxygen atoms in total. The van der Waals surface area contributed by atoms with Gasteiger partial charge in [-0.05, 0) is 6.42 Å². The number of alkyl halides is 3. The van der Waals surface area contributed by atoms with Gasteiger partial charge in [-0.3, -0.25) is 4.79 Å². The van der Waals surface area contributed by atoms with Gasteiger partial charge in [0.15, 0.2) is 12.0 Å². The van der Waals surface area contributed by atoms with Crippen molar-refractivity contribution in [2.24, 2.45) is 0 Å². The molecule has 0 bridgehead atoms. The fourth-order valence-corrected chi connectivity index (χ4v) is 2.13. The molecule has 0 aliphatic rings. The molecule has 0 fully saturated rings. The van der Waals surface area contributed by atoms with Crippen LogP contribution in [0.3, 0.4) is 0 Å². The standard InChI is InChI=1S/C10H14Cl3N3O/c1-2-3-4-5-6-16-9(10(11,12)13)8(7-17)14-15-16/h7H,2-6H2,1H3. The Morgan fingerprint density at radius 1 is 1.29 bits per heavy atom. The molecule has 0 atom stereocenters. The normalized spacial score (nSPS) is 11.8. The molecular formula is C10H14Cl3N3O. The molecule has 0 N–H and O–H groups in total. The molecule has 0 saturated carbocycles. The predicted octanol–water partition coefficient (Wildman–Crippen LogP) is 3.50. The average molecular weight is 299 g/mol. The Morgan fingerprint density at radius 3 is 2.53 bits per heavy atom. The van der Waals surface area contributed by atoms with Crippen molar-refractivity contribution in [1.82, 2.24) is 15.0 Å². The number of rotatable bonds is 6. The number of carbonyl (C=O) groups is 1. The zero-order chi connectivity index (χ0) is 12.9. The highest BCUT2D eigenvalue weighted by Gasteiger charge is 2.32. The first-order valence-electron chi connectivity index (χ1n) is 5.46. The van der Waals surface area contributed by atoms with Crippen LogP contribution in [0.5, 0.6) is 0 Å². The Morgan fingerprint density at radius 2 is 2.00 bits per heavy atom. The number of halogens is 3. The van der Waals surface area contributed by atoms with Crippen LogP contribution < -0.4 is 0 Å². The van der Waals surface area contributed by atoms with Crippen molar-refractivity contribution >= 4 is 41.1 Å². The van der Waals surface area contributed by atoms with E-state index in [1.807, 2.05) is 0 Å². The molecule has 1 aromatic heterocycles. The SMILES string of the molecule is CCCCCCn1nnc(C=O)c1C(Cl)(Cl)Cl. The van der Waals surface area contributed by atoms with Crippen LogP contribution in [0.25, 0.3) is 0 Å². The minimum Gasteiger partial charge on any atom is -0.296 e. The van der Waals surface area contributed by atoms with Crippen molar-refractivity contribution in [3.05, 3.63) is 11.4 Å². The monoisotopic (exact) mass is 297 g/mol. The lowest BCUT2D eigenvalue weighted by molar-refractivity contribution is 0.111. The summed E-state index contributed by atoms with van der Waals surface area (Å²) in [5.41, 5.74) is 0.328. The Kier molecular flexibility index (Phi) is 5.70. The Bertz CT molecular complexity index is 373. The van der Waals surface area contributed by atoms with Crippen LogP contribution in [0.2, 0.25) is 0 Å². The van der Waals surface area contributed by atoms with Gasteiger partial charge in [0.05, 0.1) is 0 Å². The van der Waals surface area contributed by atoms with Crippen molar-refractivity contribution in [3.8, 4) is 0 Å². The molecule has 0 aliphatic carbocycles. The van der Waals surface area contributed by atoms with Gasteiger partial charge in [0, 0.05) is 6.54 Å². The van der Waals surface area contributed by atoms with Crippen molar-refractivity contribution in [3.63, 3.8) is 0 Å². The highest BCUT2D eigenvalue weighted by molar-refractivity contribution is 6.66. The molecule has 1 heterocycles. The average Bonchev–Trinajstić information content (AvgIpc) is 2.67. The third-order valence-corrected chi connectivity index (χ3v) is 2.90. The number of unbranched alkanes of at least 4 members (excludes halogenated alkanes) is 3. The summed E-state index contributed by atoms with van der Waals surface area (Å²) >= 11 is 17.4. The zero-order valence-corrected chi connectivity index (χ0v) is 11.8. The molecule has 0 saturated heterocycles. The second-order valence-electron chi connectivity index (χ2n) is 3.72.